The molecule has 53 heavy (non-hydrogen) atoms. The summed E-state index contributed by atoms with van der Waals surface area (Å²) in [5.74, 6) is -1.97. The van der Waals surface area contributed by atoms with Gasteiger partial charge in [0.2, 0.25) is 23.6 Å². The Hall–Kier alpha value is -3.13. The van der Waals surface area contributed by atoms with Crippen LogP contribution in [0.3, 0.4) is 0 Å². The second-order valence-electron chi connectivity index (χ2n) is 15.8. The van der Waals surface area contributed by atoms with Gasteiger partial charge in [-0.2, -0.15) is 0 Å². The number of likely N-dealkylation sites (N-methyl/N-ethyl adjacent to an activating group) is 2. The molecule has 0 radical (unpaired) electrons. The van der Waals surface area contributed by atoms with Gasteiger partial charge in [-0.15, -0.1) is 0 Å². The molecule has 2 rings (SSSR count). The Morgan fingerprint density at radius 1 is 0.925 bits per heavy atom. The first-order valence-corrected chi connectivity index (χ1v) is 19.2. The molecule has 13 heteroatoms. The minimum atomic E-state index is -0.764. The number of nitrogens with zero attached hydrogens (tertiary/aromatic N) is 3. The number of methoxy groups -OCH3 is 2. The van der Waals surface area contributed by atoms with Gasteiger partial charge in [-0.3, -0.25) is 24.1 Å². The van der Waals surface area contributed by atoms with E-state index >= 15 is 0 Å². The summed E-state index contributed by atoms with van der Waals surface area (Å²) in [5.41, 5.74) is 7.09. The quantitative estimate of drug-likeness (QED) is 0.182. The number of rotatable bonds is 20. The first-order valence-electron chi connectivity index (χ1n) is 19.2. The highest BCUT2D eigenvalue weighted by molar-refractivity contribution is 5.90. The van der Waals surface area contributed by atoms with Crippen molar-refractivity contribution in [2.24, 2.45) is 29.4 Å². The van der Waals surface area contributed by atoms with Crippen LogP contribution in [-0.2, 0) is 28.7 Å². The van der Waals surface area contributed by atoms with Crippen molar-refractivity contribution in [1.29, 1.82) is 0 Å². The summed E-state index contributed by atoms with van der Waals surface area (Å²) in [7, 11) is 8.54. The van der Waals surface area contributed by atoms with Crippen molar-refractivity contribution in [1.82, 2.24) is 25.3 Å². The molecule has 4 amide bonds. The first-order chi connectivity index (χ1) is 24.8. The standard InChI is InChI=1S/C40H69FN6O6/c1-14-25(6)36(46(11)40(51)34(23(2)3)44-39(50)35(24(4)5)45(9)10)31(52-12)22-32(48)47-21-15-16-30(47)37(53-13)26(7)38(49)43-27(8)33(42)28-17-19-29(41)20-18-28/h17-20,23-27,30-31,33-37H,14-16,21-22,42H2,1-13H3,(H,43,49)(H,44,50)/t25-,26+,27+,30-,31+,33?,34-,35?,36?,37+/m0/s1. The molecular formula is C40H69FN6O6. The largest absolute Gasteiger partial charge is 0.379 e. The fourth-order valence-electron chi connectivity index (χ4n) is 7.83. The summed E-state index contributed by atoms with van der Waals surface area (Å²) in [6, 6.07) is 2.93. The van der Waals surface area contributed by atoms with Crippen molar-refractivity contribution in [2.75, 3.05) is 41.9 Å². The number of hydrogen-bond donors (Lipinski definition) is 3. The number of carbonyl (C=O) groups is 4. The lowest BCUT2D eigenvalue weighted by Crippen LogP contribution is -2.59. The van der Waals surface area contributed by atoms with Crippen LogP contribution in [0.1, 0.15) is 92.7 Å². The van der Waals surface area contributed by atoms with E-state index in [0.29, 0.717) is 18.5 Å². The lowest BCUT2D eigenvalue weighted by molar-refractivity contribution is -0.148. The molecule has 1 aliphatic heterocycles. The number of amides is 4. The minimum Gasteiger partial charge on any atom is -0.379 e. The van der Waals surface area contributed by atoms with Gasteiger partial charge in [-0.1, -0.05) is 67.0 Å². The van der Waals surface area contributed by atoms with Crippen LogP contribution in [0.4, 0.5) is 4.39 Å². The van der Waals surface area contributed by atoms with Crippen LogP contribution in [0, 0.1) is 29.5 Å². The van der Waals surface area contributed by atoms with Crippen LogP contribution in [0.15, 0.2) is 24.3 Å². The van der Waals surface area contributed by atoms with E-state index in [1.54, 1.807) is 57.0 Å². The van der Waals surface area contributed by atoms with Gasteiger partial charge in [0, 0.05) is 39.9 Å². The topological polar surface area (TPSA) is 147 Å². The summed E-state index contributed by atoms with van der Waals surface area (Å²) < 4.78 is 25.4. The van der Waals surface area contributed by atoms with E-state index in [0.717, 1.165) is 12.8 Å². The molecule has 10 atom stereocenters. The summed E-state index contributed by atoms with van der Waals surface area (Å²) >= 11 is 0. The zero-order chi connectivity index (χ0) is 40.3. The maximum atomic E-state index is 14.2. The molecule has 0 bridgehead atoms. The SMILES string of the molecule is CC[C@H](C)C([C@@H](CC(=O)N1CCC[C@H]1[C@H](OC)[C@@H](C)C(=O)N[C@H](C)C(N)c1ccc(F)cc1)OC)N(C)C(=O)[C@@H](NC(=O)C(C(C)C)N(C)C)C(C)C. The highest BCUT2D eigenvalue weighted by atomic mass is 19.1. The average molecular weight is 749 g/mol. The van der Waals surface area contributed by atoms with Crippen molar-refractivity contribution in [3.05, 3.63) is 35.6 Å². The highest BCUT2D eigenvalue weighted by Gasteiger charge is 2.43. The summed E-state index contributed by atoms with van der Waals surface area (Å²) in [4.78, 5) is 60.6. The third kappa shape index (κ3) is 11.9. The fraction of sp³-hybridized carbons (Fsp3) is 0.750. The molecular weight excluding hydrogens is 679 g/mol. The fourth-order valence-corrected chi connectivity index (χ4v) is 7.83. The maximum absolute atomic E-state index is 14.2. The summed E-state index contributed by atoms with van der Waals surface area (Å²) in [5, 5.41) is 6.02. The van der Waals surface area contributed by atoms with Crippen LogP contribution in [0.2, 0.25) is 0 Å². The Morgan fingerprint density at radius 2 is 1.53 bits per heavy atom. The molecule has 1 aliphatic rings. The van der Waals surface area contributed by atoms with Gasteiger partial charge in [0.1, 0.15) is 11.9 Å². The molecule has 1 aromatic carbocycles. The molecule has 3 unspecified atom stereocenters. The molecule has 0 aliphatic carbocycles. The number of ether oxygens (including phenoxy) is 2. The number of likely N-dealkylation sites (tertiary alicyclic amines) is 1. The Labute approximate surface area is 318 Å². The molecule has 1 saturated heterocycles. The second kappa shape index (κ2) is 21.1. The molecule has 4 N–H and O–H groups in total. The van der Waals surface area contributed by atoms with Crippen molar-refractivity contribution < 1.29 is 33.0 Å². The van der Waals surface area contributed by atoms with E-state index in [4.69, 9.17) is 15.2 Å². The van der Waals surface area contributed by atoms with Gasteiger partial charge in [-0.25, -0.2) is 4.39 Å². The molecule has 1 heterocycles. The average Bonchev–Trinajstić information content (AvgIpc) is 3.59. The van der Waals surface area contributed by atoms with Crippen LogP contribution >= 0.6 is 0 Å². The number of halogens is 1. The number of nitrogens with two attached hydrogens (primary N) is 1. The van der Waals surface area contributed by atoms with Gasteiger partial charge in [0.15, 0.2) is 0 Å². The Bertz CT molecular complexity index is 1320. The smallest absolute Gasteiger partial charge is 0.245 e. The summed E-state index contributed by atoms with van der Waals surface area (Å²) in [6.07, 6.45) is 0.961. The van der Waals surface area contributed by atoms with E-state index in [1.165, 1.54) is 12.1 Å². The minimum absolute atomic E-state index is 0.0228. The Morgan fingerprint density at radius 3 is 2.02 bits per heavy atom. The molecule has 0 saturated carbocycles. The monoisotopic (exact) mass is 749 g/mol. The number of benzene rings is 1. The molecule has 1 fully saturated rings. The zero-order valence-electron chi connectivity index (χ0n) is 34.5. The summed E-state index contributed by atoms with van der Waals surface area (Å²) in [6.45, 7) is 15.9. The Balaban J connectivity index is 2.25. The third-order valence-electron chi connectivity index (χ3n) is 11.1. The lowest BCUT2D eigenvalue weighted by atomic mass is 9.89. The Kier molecular flexibility index (Phi) is 18.3. The molecule has 1 aromatic rings. The number of hydrogen-bond acceptors (Lipinski definition) is 8. The van der Waals surface area contributed by atoms with Crippen LogP contribution < -0.4 is 16.4 Å². The van der Waals surface area contributed by atoms with Crippen molar-refractivity contribution in [3.8, 4) is 0 Å². The van der Waals surface area contributed by atoms with E-state index in [-0.39, 0.29) is 59.7 Å². The van der Waals surface area contributed by atoms with E-state index in [2.05, 4.69) is 10.6 Å². The first kappa shape index (κ1) is 46.0. The van der Waals surface area contributed by atoms with Crippen molar-refractivity contribution in [3.63, 3.8) is 0 Å². The van der Waals surface area contributed by atoms with Crippen molar-refractivity contribution >= 4 is 23.6 Å². The highest BCUT2D eigenvalue weighted by Crippen LogP contribution is 2.30. The van der Waals surface area contributed by atoms with Crippen LogP contribution in [0.25, 0.3) is 0 Å². The molecule has 302 valence electrons. The van der Waals surface area contributed by atoms with Gasteiger partial charge in [0.05, 0.1) is 42.7 Å². The predicted molar refractivity (Wildman–Crippen MR) is 206 cm³/mol. The molecule has 0 spiro atoms. The van der Waals surface area contributed by atoms with Gasteiger partial charge < -0.3 is 35.6 Å². The second-order valence-corrected chi connectivity index (χ2v) is 15.8. The number of carbonyl (C=O) groups excluding carboxylic acids is 4. The third-order valence-corrected chi connectivity index (χ3v) is 11.1. The van der Waals surface area contributed by atoms with Crippen LogP contribution in [0.5, 0.6) is 0 Å². The van der Waals surface area contributed by atoms with Crippen molar-refractivity contribution in [2.45, 2.75) is 130 Å². The predicted octanol–water partition coefficient (Wildman–Crippen LogP) is 3.98. The molecule has 0 aromatic heterocycles. The normalized spacial score (nSPS) is 20.0. The number of nitrogens with one attached hydrogen (secondary N) is 2. The molecule has 12 nitrogen and oxygen atoms in total. The lowest BCUT2D eigenvalue weighted by Gasteiger charge is -2.41. The van der Waals surface area contributed by atoms with Crippen LogP contribution in [-0.4, -0.2) is 123 Å². The zero-order valence-corrected chi connectivity index (χ0v) is 34.5. The van der Waals surface area contributed by atoms with E-state index < -0.39 is 48.3 Å². The van der Waals surface area contributed by atoms with Gasteiger partial charge in [0.25, 0.3) is 0 Å². The van der Waals surface area contributed by atoms with E-state index in [1.807, 2.05) is 60.5 Å². The van der Waals surface area contributed by atoms with E-state index in [9.17, 15) is 23.6 Å². The van der Waals surface area contributed by atoms with Gasteiger partial charge in [-0.05, 0) is 69.3 Å². The maximum Gasteiger partial charge on any atom is 0.245 e. The van der Waals surface area contributed by atoms with Gasteiger partial charge >= 0.3 is 0 Å².